The Morgan fingerprint density at radius 2 is 1.62 bits per heavy atom. The number of rotatable bonds is 4. The number of carbonyl (C=O) groups is 1. The molecule has 11 heteroatoms. The molecular formula is C26H25F6N3O2. The fourth-order valence-corrected chi connectivity index (χ4v) is 5.06. The Morgan fingerprint density at radius 3 is 2.19 bits per heavy atom. The van der Waals surface area contributed by atoms with E-state index >= 15 is 0 Å². The first-order chi connectivity index (χ1) is 17.3. The quantitative estimate of drug-likeness (QED) is 0.376. The van der Waals surface area contributed by atoms with Crippen LogP contribution in [0.2, 0.25) is 0 Å². The standard InChI is InChI=1S/C26H25F6N3O2/c1-34(14-15-11-17(25(27,28)29)13-18(12-15)26(30,31)32)24(37)22-20(16-7-4-3-5-8-16)19-9-6-10-33-21(19)23(36)35(22)2/h6,9-13,16H,3-5,7-8,14H2,1-2H3. The molecule has 3 aromatic rings. The van der Waals surface area contributed by atoms with Crippen LogP contribution in [-0.4, -0.2) is 27.4 Å². The number of aromatic nitrogens is 2. The highest BCUT2D eigenvalue weighted by atomic mass is 19.4. The summed E-state index contributed by atoms with van der Waals surface area (Å²) in [6.45, 7) is -0.519. The monoisotopic (exact) mass is 525 g/mol. The largest absolute Gasteiger partial charge is 0.416 e. The fraction of sp³-hybridized carbons (Fsp3) is 0.423. The van der Waals surface area contributed by atoms with E-state index in [2.05, 4.69) is 4.98 Å². The molecule has 1 amide bonds. The molecule has 0 aliphatic heterocycles. The zero-order valence-electron chi connectivity index (χ0n) is 20.2. The molecule has 4 rings (SSSR count). The molecule has 1 fully saturated rings. The summed E-state index contributed by atoms with van der Waals surface area (Å²) in [5.74, 6) is -0.707. The predicted molar refractivity (Wildman–Crippen MR) is 125 cm³/mol. The van der Waals surface area contributed by atoms with E-state index in [1.54, 1.807) is 12.1 Å². The van der Waals surface area contributed by atoms with Gasteiger partial charge in [-0.1, -0.05) is 25.3 Å². The number of halogens is 6. The smallest absolute Gasteiger partial charge is 0.336 e. The molecule has 2 heterocycles. The summed E-state index contributed by atoms with van der Waals surface area (Å²) in [5, 5.41) is 0.535. The van der Waals surface area contributed by atoms with Gasteiger partial charge in [-0.3, -0.25) is 14.6 Å². The van der Waals surface area contributed by atoms with Gasteiger partial charge in [0.2, 0.25) is 0 Å². The zero-order chi connectivity index (χ0) is 27.1. The van der Waals surface area contributed by atoms with E-state index in [1.807, 2.05) is 0 Å². The molecule has 0 saturated heterocycles. The van der Waals surface area contributed by atoms with Crippen molar-refractivity contribution in [2.75, 3.05) is 7.05 Å². The first kappa shape index (κ1) is 26.7. The van der Waals surface area contributed by atoms with Gasteiger partial charge in [-0.2, -0.15) is 26.3 Å². The van der Waals surface area contributed by atoms with Crippen LogP contribution < -0.4 is 5.56 Å². The van der Waals surface area contributed by atoms with E-state index in [9.17, 15) is 35.9 Å². The highest BCUT2D eigenvalue weighted by Crippen LogP contribution is 2.39. The van der Waals surface area contributed by atoms with Crippen molar-refractivity contribution in [3.8, 4) is 0 Å². The lowest BCUT2D eigenvalue weighted by Gasteiger charge is -2.28. The maximum atomic E-state index is 13.7. The van der Waals surface area contributed by atoms with Crippen molar-refractivity contribution in [2.45, 2.75) is 56.9 Å². The number of fused-ring (bicyclic) bond motifs is 1. The minimum Gasteiger partial charge on any atom is -0.336 e. The van der Waals surface area contributed by atoms with Crippen molar-refractivity contribution in [3.63, 3.8) is 0 Å². The van der Waals surface area contributed by atoms with Crippen molar-refractivity contribution in [2.24, 2.45) is 7.05 Å². The highest BCUT2D eigenvalue weighted by molar-refractivity contribution is 5.99. The van der Waals surface area contributed by atoms with Crippen LogP contribution in [0.3, 0.4) is 0 Å². The third-order valence-electron chi connectivity index (χ3n) is 6.83. The Labute approximate surface area is 208 Å². The number of benzene rings is 1. The van der Waals surface area contributed by atoms with Crippen LogP contribution in [-0.2, 0) is 25.9 Å². The summed E-state index contributed by atoms with van der Waals surface area (Å²) in [5.41, 5.74) is -2.83. The van der Waals surface area contributed by atoms with E-state index in [0.29, 0.717) is 23.1 Å². The summed E-state index contributed by atoms with van der Waals surface area (Å²) in [6, 6.07) is 4.63. The number of nitrogens with zero attached hydrogens (tertiary/aromatic N) is 3. The molecule has 1 aliphatic carbocycles. The SMILES string of the molecule is CN(Cc1cc(C(F)(F)F)cc(C(F)(F)F)c1)C(=O)c1c(C2CCCCC2)c2cccnc2c(=O)n1C. The van der Waals surface area contributed by atoms with E-state index in [-0.39, 0.29) is 28.8 Å². The average molecular weight is 525 g/mol. The lowest BCUT2D eigenvalue weighted by atomic mass is 9.81. The molecule has 0 N–H and O–H groups in total. The zero-order valence-corrected chi connectivity index (χ0v) is 20.2. The van der Waals surface area contributed by atoms with Gasteiger partial charge in [0.05, 0.1) is 11.1 Å². The van der Waals surface area contributed by atoms with Gasteiger partial charge in [0.15, 0.2) is 0 Å². The summed E-state index contributed by atoms with van der Waals surface area (Å²) >= 11 is 0. The maximum absolute atomic E-state index is 13.7. The normalized spacial score (nSPS) is 15.2. The number of amides is 1. The van der Waals surface area contributed by atoms with Crippen molar-refractivity contribution >= 4 is 16.8 Å². The van der Waals surface area contributed by atoms with Crippen LogP contribution in [0.1, 0.15) is 70.8 Å². The second kappa shape index (κ2) is 9.83. The van der Waals surface area contributed by atoms with E-state index in [1.165, 1.54) is 24.9 Å². The van der Waals surface area contributed by atoms with Crippen LogP contribution in [0, 0.1) is 0 Å². The Bertz CT molecular complexity index is 1360. The summed E-state index contributed by atoms with van der Waals surface area (Å²) in [7, 11) is 2.72. The van der Waals surface area contributed by atoms with E-state index in [0.717, 1.165) is 37.0 Å². The Hall–Kier alpha value is -3.37. The molecule has 0 atom stereocenters. The second-order valence-corrected chi connectivity index (χ2v) is 9.44. The Kier molecular flexibility index (Phi) is 7.09. The summed E-state index contributed by atoms with van der Waals surface area (Å²) in [6.07, 6.45) is -4.04. The molecule has 1 aromatic carbocycles. The Balaban J connectivity index is 1.80. The van der Waals surface area contributed by atoms with Gasteiger partial charge in [-0.05, 0) is 54.2 Å². The van der Waals surface area contributed by atoms with Gasteiger partial charge >= 0.3 is 12.4 Å². The van der Waals surface area contributed by atoms with Crippen LogP contribution >= 0.6 is 0 Å². The van der Waals surface area contributed by atoms with Crippen molar-refractivity contribution in [3.05, 3.63) is 74.8 Å². The predicted octanol–water partition coefficient (Wildman–Crippen LogP) is 6.29. The van der Waals surface area contributed by atoms with Gasteiger partial charge in [0, 0.05) is 32.2 Å². The molecule has 2 aromatic heterocycles. The van der Waals surface area contributed by atoms with Crippen molar-refractivity contribution in [1.82, 2.24) is 14.5 Å². The number of hydrogen-bond acceptors (Lipinski definition) is 3. The molecule has 0 unspecified atom stereocenters. The van der Waals surface area contributed by atoms with Gasteiger partial charge in [-0.25, -0.2) is 0 Å². The number of alkyl halides is 6. The molecule has 1 aliphatic rings. The number of pyridine rings is 2. The highest BCUT2D eigenvalue weighted by Gasteiger charge is 2.37. The molecule has 198 valence electrons. The van der Waals surface area contributed by atoms with Gasteiger partial charge in [-0.15, -0.1) is 0 Å². The molecule has 37 heavy (non-hydrogen) atoms. The topological polar surface area (TPSA) is 55.2 Å². The maximum Gasteiger partial charge on any atom is 0.416 e. The van der Waals surface area contributed by atoms with E-state index in [4.69, 9.17) is 0 Å². The summed E-state index contributed by atoms with van der Waals surface area (Å²) < 4.78 is 81.0. The average Bonchev–Trinajstić information content (AvgIpc) is 2.85. The number of hydrogen-bond donors (Lipinski definition) is 0. The third-order valence-corrected chi connectivity index (χ3v) is 6.83. The Morgan fingerprint density at radius 1 is 1.03 bits per heavy atom. The number of carbonyl (C=O) groups excluding carboxylic acids is 1. The third kappa shape index (κ3) is 5.35. The lowest BCUT2D eigenvalue weighted by Crippen LogP contribution is -2.35. The first-order valence-corrected chi connectivity index (χ1v) is 11.8. The van der Waals surface area contributed by atoms with E-state index < -0.39 is 41.5 Å². The minimum atomic E-state index is -5.00. The molecule has 0 radical (unpaired) electrons. The lowest BCUT2D eigenvalue weighted by molar-refractivity contribution is -0.143. The van der Waals surface area contributed by atoms with Gasteiger partial charge in [0.1, 0.15) is 11.2 Å². The molecule has 0 spiro atoms. The van der Waals surface area contributed by atoms with Crippen LogP contribution in [0.25, 0.3) is 10.9 Å². The molecule has 5 nitrogen and oxygen atoms in total. The van der Waals surface area contributed by atoms with Crippen LogP contribution in [0.5, 0.6) is 0 Å². The first-order valence-electron chi connectivity index (χ1n) is 11.8. The van der Waals surface area contributed by atoms with Crippen molar-refractivity contribution < 1.29 is 31.1 Å². The van der Waals surface area contributed by atoms with Crippen molar-refractivity contribution in [1.29, 1.82) is 0 Å². The van der Waals surface area contributed by atoms with Crippen LogP contribution in [0.4, 0.5) is 26.3 Å². The molecule has 1 saturated carbocycles. The van der Waals surface area contributed by atoms with Gasteiger partial charge < -0.3 is 9.47 Å². The molecular weight excluding hydrogens is 500 g/mol. The fourth-order valence-electron chi connectivity index (χ4n) is 5.06. The van der Waals surface area contributed by atoms with Crippen LogP contribution in [0.15, 0.2) is 41.3 Å². The molecule has 0 bridgehead atoms. The van der Waals surface area contributed by atoms with Gasteiger partial charge in [0.25, 0.3) is 11.5 Å². The minimum absolute atomic E-state index is 0.0370. The summed E-state index contributed by atoms with van der Waals surface area (Å²) in [4.78, 5) is 32.0. The second-order valence-electron chi connectivity index (χ2n) is 9.44.